The summed E-state index contributed by atoms with van der Waals surface area (Å²) in [5, 5.41) is 9.37. The zero-order valence-corrected chi connectivity index (χ0v) is 12.6. The molecular formula is C17H20N2O2. The lowest BCUT2D eigenvalue weighted by atomic mass is 10.1. The molecule has 2 aromatic rings. The number of aromatic nitrogens is 1. The molecule has 4 heteroatoms. The van der Waals surface area contributed by atoms with Crippen LogP contribution in [-0.4, -0.2) is 22.6 Å². The number of hydrogen-bond donors (Lipinski definition) is 1. The van der Waals surface area contributed by atoms with Gasteiger partial charge in [-0.25, -0.2) is 4.79 Å². The number of aryl methyl sites for hydroxylation is 2. The number of aromatic carboxylic acids is 1. The van der Waals surface area contributed by atoms with Crippen molar-refractivity contribution in [2.45, 2.75) is 27.3 Å². The van der Waals surface area contributed by atoms with Crippen LogP contribution in [0.15, 0.2) is 36.4 Å². The highest BCUT2D eigenvalue weighted by Gasteiger charge is 2.16. The number of pyridine rings is 1. The van der Waals surface area contributed by atoms with Gasteiger partial charge in [0.25, 0.3) is 0 Å². The fourth-order valence-corrected chi connectivity index (χ4v) is 2.33. The van der Waals surface area contributed by atoms with Gasteiger partial charge in [-0.3, -0.25) is 4.98 Å². The van der Waals surface area contributed by atoms with Gasteiger partial charge in [-0.05, 0) is 50.6 Å². The molecule has 0 unspecified atom stereocenters. The monoisotopic (exact) mass is 284 g/mol. The van der Waals surface area contributed by atoms with E-state index in [4.69, 9.17) is 0 Å². The predicted molar refractivity (Wildman–Crippen MR) is 83.8 cm³/mol. The van der Waals surface area contributed by atoms with Gasteiger partial charge in [0.1, 0.15) is 0 Å². The first kappa shape index (κ1) is 15.0. The van der Waals surface area contributed by atoms with Crippen molar-refractivity contribution in [1.82, 2.24) is 4.98 Å². The van der Waals surface area contributed by atoms with Crippen molar-refractivity contribution in [3.63, 3.8) is 0 Å². The number of anilines is 1. The molecule has 0 atom stereocenters. The van der Waals surface area contributed by atoms with Crippen molar-refractivity contribution in [3.05, 3.63) is 58.9 Å². The number of benzene rings is 1. The molecule has 0 fully saturated rings. The highest BCUT2D eigenvalue weighted by molar-refractivity contribution is 5.94. The van der Waals surface area contributed by atoms with Crippen molar-refractivity contribution in [1.29, 1.82) is 0 Å². The minimum absolute atomic E-state index is 0.329. The van der Waals surface area contributed by atoms with Gasteiger partial charge in [-0.15, -0.1) is 0 Å². The van der Waals surface area contributed by atoms with E-state index in [9.17, 15) is 9.90 Å². The minimum Gasteiger partial charge on any atom is -0.478 e. The smallest absolute Gasteiger partial charge is 0.337 e. The van der Waals surface area contributed by atoms with Gasteiger partial charge in [-0.1, -0.05) is 12.1 Å². The van der Waals surface area contributed by atoms with Crippen LogP contribution in [0.4, 0.5) is 5.69 Å². The summed E-state index contributed by atoms with van der Waals surface area (Å²) in [7, 11) is 0. The molecule has 0 aliphatic heterocycles. The summed E-state index contributed by atoms with van der Waals surface area (Å²) in [6.07, 6.45) is 0. The van der Waals surface area contributed by atoms with Crippen LogP contribution < -0.4 is 4.90 Å². The van der Waals surface area contributed by atoms with Gasteiger partial charge < -0.3 is 10.0 Å². The number of carboxylic acids is 1. The lowest BCUT2D eigenvalue weighted by Gasteiger charge is -2.25. The Morgan fingerprint density at radius 1 is 1.24 bits per heavy atom. The molecule has 0 aliphatic rings. The highest BCUT2D eigenvalue weighted by atomic mass is 16.4. The maximum atomic E-state index is 11.4. The maximum absolute atomic E-state index is 11.4. The Bertz CT molecular complexity index is 653. The van der Waals surface area contributed by atoms with E-state index in [1.165, 1.54) is 0 Å². The highest BCUT2D eigenvalue weighted by Crippen LogP contribution is 2.24. The van der Waals surface area contributed by atoms with Crippen LogP contribution in [0.1, 0.15) is 34.2 Å². The van der Waals surface area contributed by atoms with Gasteiger partial charge in [0, 0.05) is 12.2 Å². The zero-order valence-electron chi connectivity index (χ0n) is 12.6. The third-order valence-electron chi connectivity index (χ3n) is 3.40. The average molecular weight is 284 g/mol. The Morgan fingerprint density at radius 2 is 2.00 bits per heavy atom. The van der Waals surface area contributed by atoms with Crippen molar-refractivity contribution >= 4 is 11.7 Å². The summed E-state index contributed by atoms with van der Waals surface area (Å²) in [5.74, 6) is -0.902. The van der Waals surface area contributed by atoms with Crippen molar-refractivity contribution in [2.75, 3.05) is 11.4 Å². The third kappa shape index (κ3) is 3.60. The topological polar surface area (TPSA) is 53.4 Å². The average Bonchev–Trinajstić information content (AvgIpc) is 2.44. The maximum Gasteiger partial charge on any atom is 0.337 e. The van der Waals surface area contributed by atoms with E-state index in [-0.39, 0.29) is 0 Å². The molecule has 0 amide bonds. The molecule has 0 radical (unpaired) electrons. The van der Waals surface area contributed by atoms with Gasteiger partial charge in [0.15, 0.2) is 0 Å². The third-order valence-corrected chi connectivity index (χ3v) is 3.40. The van der Waals surface area contributed by atoms with Gasteiger partial charge in [-0.2, -0.15) is 0 Å². The van der Waals surface area contributed by atoms with Crippen LogP contribution >= 0.6 is 0 Å². The molecule has 0 spiro atoms. The van der Waals surface area contributed by atoms with E-state index in [1.807, 2.05) is 56.0 Å². The van der Waals surface area contributed by atoms with Crippen molar-refractivity contribution in [2.24, 2.45) is 0 Å². The summed E-state index contributed by atoms with van der Waals surface area (Å²) >= 11 is 0. The molecule has 0 bridgehead atoms. The Hall–Kier alpha value is -2.36. The second-order valence-corrected chi connectivity index (χ2v) is 5.11. The zero-order chi connectivity index (χ0) is 15.4. The van der Waals surface area contributed by atoms with Crippen LogP contribution in [-0.2, 0) is 6.54 Å². The molecule has 1 aromatic heterocycles. The summed E-state index contributed by atoms with van der Waals surface area (Å²) in [6.45, 7) is 7.26. The van der Waals surface area contributed by atoms with E-state index in [0.717, 1.165) is 29.2 Å². The van der Waals surface area contributed by atoms with E-state index < -0.39 is 5.97 Å². The first-order valence-corrected chi connectivity index (χ1v) is 7.02. The lowest BCUT2D eigenvalue weighted by Crippen LogP contribution is -2.25. The summed E-state index contributed by atoms with van der Waals surface area (Å²) in [5.41, 5.74) is 4.02. The molecule has 0 saturated heterocycles. The molecule has 21 heavy (non-hydrogen) atoms. The van der Waals surface area contributed by atoms with Gasteiger partial charge in [0.2, 0.25) is 0 Å². The Morgan fingerprint density at radius 3 is 2.62 bits per heavy atom. The molecule has 1 heterocycles. The second-order valence-electron chi connectivity index (χ2n) is 5.11. The summed E-state index contributed by atoms with van der Waals surface area (Å²) in [4.78, 5) is 18.0. The molecule has 1 aromatic carbocycles. The number of rotatable bonds is 5. The first-order valence-electron chi connectivity index (χ1n) is 7.02. The molecule has 0 aliphatic carbocycles. The van der Waals surface area contributed by atoms with Crippen LogP contribution in [0.2, 0.25) is 0 Å². The van der Waals surface area contributed by atoms with Crippen LogP contribution in [0, 0.1) is 13.8 Å². The van der Waals surface area contributed by atoms with Crippen LogP contribution in [0.5, 0.6) is 0 Å². The Balaban J connectivity index is 2.37. The normalized spacial score (nSPS) is 10.4. The van der Waals surface area contributed by atoms with E-state index in [2.05, 4.69) is 4.98 Å². The van der Waals surface area contributed by atoms with E-state index in [0.29, 0.717) is 12.1 Å². The summed E-state index contributed by atoms with van der Waals surface area (Å²) in [6, 6.07) is 11.3. The number of carboxylic acid groups (broad SMARTS) is 1. The Kier molecular flexibility index (Phi) is 4.58. The van der Waals surface area contributed by atoms with Crippen molar-refractivity contribution < 1.29 is 9.90 Å². The van der Waals surface area contributed by atoms with Crippen molar-refractivity contribution in [3.8, 4) is 0 Å². The van der Waals surface area contributed by atoms with E-state index >= 15 is 0 Å². The quantitative estimate of drug-likeness (QED) is 0.914. The minimum atomic E-state index is -0.902. The van der Waals surface area contributed by atoms with Gasteiger partial charge >= 0.3 is 5.97 Å². The lowest BCUT2D eigenvalue weighted by molar-refractivity contribution is 0.0697. The second kappa shape index (κ2) is 6.39. The number of nitrogens with zero attached hydrogens (tertiary/aromatic N) is 2. The SMILES string of the molecule is CCN(Cc1cccc(C)n1)c1cc(C)ccc1C(=O)O. The number of hydrogen-bond acceptors (Lipinski definition) is 3. The summed E-state index contributed by atoms with van der Waals surface area (Å²) < 4.78 is 0. The molecule has 110 valence electrons. The van der Waals surface area contributed by atoms with Crippen LogP contribution in [0.25, 0.3) is 0 Å². The largest absolute Gasteiger partial charge is 0.478 e. The predicted octanol–water partition coefficient (Wildman–Crippen LogP) is 3.42. The fourth-order valence-electron chi connectivity index (χ4n) is 2.33. The fraction of sp³-hybridized carbons (Fsp3) is 0.294. The molecule has 4 nitrogen and oxygen atoms in total. The standard InChI is InChI=1S/C17H20N2O2/c1-4-19(11-14-7-5-6-13(3)18-14)16-10-12(2)8-9-15(16)17(20)21/h5-10H,4,11H2,1-3H3,(H,20,21). The molecule has 2 rings (SSSR count). The van der Waals surface area contributed by atoms with Gasteiger partial charge in [0.05, 0.1) is 23.5 Å². The molecular weight excluding hydrogens is 264 g/mol. The molecule has 0 saturated carbocycles. The van der Waals surface area contributed by atoms with E-state index in [1.54, 1.807) is 6.07 Å². The molecule has 1 N–H and O–H groups in total. The van der Waals surface area contributed by atoms with Crippen LogP contribution in [0.3, 0.4) is 0 Å². The first-order chi connectivity index (χ1) is 10.0. The number of carbonyl (C=O) groups is 1. The Labute approximate surface area is 125 Å².